The summed E-state index contributed by atoms with van der Waals surface area (Å²) in [7, 11) is 0. The Morgan fingerprint density at radius 1 is 1.08 bits per heavy atom. The van der Waals surface area contributed by atoms with Crippen LogP contribution in [0, 0.1) is 12.8 Å². The highest BCUT2D eigenvalue weighted by Gasteiger charge is 2.42. The molecule has 0 saturated heterocycles. The van der Waals surface area contributed by atoms with Crippen molar-refractivity contribution >= 4 is 45.9 Å². The minimum absolute atomic E-state index is 0.283. The molecule has 0 aliphatic carbocycles. The zero-order valence-corrected chi connectivity index (χ0v) is 21.5. The van der Waals surface area contributed by atoms with E-state index < -0.39 is 0 Å². The number of rotatable bonds is 4. The van der Waals surface area contributed by atoms with Crippen LogP contribution in [0.1, 0.15) is 29.3 Å². The molecular weight excluding hydrogens is 488 g/mol. The normalized spacial score (nSPS) is 20.7. The molecule has 0 fully saturated rings. The molecule has 0 radical (unpaired) electrons. The number of nitrogens with two attached hydrogens (primary N) is 2. The minimum atomic E-state index is -0.322. The van der Waals surface area contributed by atoms with Gasteiger partial charge in [0.15, 0.2) is 6.17 Å². The molecule has 2 aromatic carbocycles. The lowest BCUT2D eigenvalue weighted by Crippen LogP contribution is -2.42. The molecule has 4 aromatic rings. The van der Waals surface area contributed by atoms with E-state index >= 15 is 0 Å². The molecule has 10 heteroatoms. The van der Waals surface area contributed by atoms with Crippen LogP contribution in [0.15, 0.2) is 87.2 Å². The standard InChI is InChI=1S/C29H26N10/c1-3-20-21-11-18(8-9-23(21)35-26(20)30)25-24-27(31)32-14-33-29(24)39(37-25)13-19-10-17-6-4-5-7-22(17)36-28(19)38-12-16(2)34-15-38/h3-12,14-15,24,29H,13H2,1-2H3,(H2,30,35)(H2,31,32,33)/b20-3+. The summed E-state index contributed by atoms with van der Waals surface area (Å²) in [5.74, 6) is 1.53. The maximum Gasteiger partial charge on any atom is 0.154 e. The second-order valence-corrected chi connectivity index (χ2v) is 9.81. The zero-order valence-electron chi connectivity index (χ0n) is 21.5. The summed E-state index contributed by atoms with van der Waals surface area (Å²) >= 11 is 0. The molecule has 5 heterocycles. The largest absolute Gasteiger partial charge is 0.386 e. The van der Waals surface area contributed by atoms with Crippen LogP contribution in [-0.2, 0) is 6.54 Å². The van der Waals surface area contributed by atoms with Gasteiger partial charge in [0.1, 0.15) is 36.1 Å². The average molecular weight is 515 g/mol. The van der Waals surface area contributed by atoms with Gasteiger partial charge in [-0.05, 0) is 43.7 Å². The van der Waals surface area contributed by atoms with Gasteiger partial charge in [-0.2, -0.15) is 5.10 Å². The van der Waals surface area contributed by atoms with Crippen LogP contribution in [0.3, 0.4) is 0 Å². The number of aromatic nitrogens is 3. The third kappa shape index (κ3) is 3.71. The average Bonchev–Trinajstić information content (AvgIpc) is 3.63. The molecule has 2 aromatic heterocycles. The maximum atomic E-state index is 6.46. The maximum absolute atomic E-state index is 6.46. The molecule has 2 unspecified atom stereocenters. The van der Waals surface area contributed by atoms with Crippen molar-refractivity contribution in [1.29, 1.82) is 0 Å². The van der Waals surface area contributed by atoms with Crippen LogP contribution in [0.25, 0.3) is 22.3 Å². The van der Waals surface area contributed by atoms with Gasteiger partial charge in [-0.25, -0.2) is 24.9 Å². The van der Waals surface area contributed by atoms with Crippen LogP contribution < -0.4 is 11.5 Å². The quantitative estimate of drug-likeness (QED) is 0.428. The number of fused-ring (bicyclic) bond motifs is 3. The minimum Gasteiger partial charge on any atom is -0.386 e. The molecule has 3 aliphatic heterocycles. The van der Waals surface area contributed by atoms with E-state index in [0.29, 0.717) is 18.2 Å². The SMILES string of the molecule is C/C=C1/C(N)=Nc2ccc(C3=NN(Cc4cc5ccccc5nc4-n4cnc(C)c4)C4N=CN=C(N)C34)cc21. The Balaban J connectivity index is 1.32. The number of nitrogens with zero attached hydrogens (tertiary/aromatic N) is 8. The number of pyridine rings is 1. The lowest BCUT2D eigenvalue weighted by atomic mass is 9.91. The lowest BCUT2D eigenvalue weighted by Gasteiger charge is -2.26. The van der Waals surface area contributed by atoms with Crippen molar-refractivity contribution < 1.29 is 0 Å². The van der Waals surface area contributed by atoms with E-state index in [1.165, 1.54) is 6.34 Å². The van der Waals surface area contributed by atoms with Gasteiger partial charge in [0.05, 0.1) is 29.2 Å². The number of benzene rings is 2. The molecule has 0 amide bonds. The van der Waals surface area contributed by atoms with Gasteiger partial charge in [0.25, 0.3) is 0 Å². The predicted octanol–water partition coefficient (Wildman–Crippen LogP) is 3.70. The van der Waals surface area contributed by atoms with Crippen molar-refractivity contribution in [3.8, 4) is 5.82 Å². The van der Waals surface area contributed by atoms with Gasteiger partial charge in [0, 0.05) is 28.3 Å². The molecule has 2 atom stereocenters. The van der Waals surface area contributed by atoms with Crippen molar-refractivity contribution in [2.75, 3.05) is 0 Å². The Hall–Kier alpha value is -5.12. The smallest absolute Gasteiger partial charge is 0.154 e. The molecule has 7 rings (SSSR count). The predicted molar refractivity (Wildman–Crippen MR) is 154 cm³/mol. The first kappa shape index (κ1) is 23.0. The van der Waals surface area contributed by atoms with E-state index in [0.717, 1.165) is 56.1 Å². The first-order valence-electron chi connectivity index (χ1n) is 12.8. The first-order valence-corrected chi connectivity index (χ1v) is 12.8. The van der Waals surface area contributed by atoms with Crippen molar-refractivity contribution in [2.45, 2.75) is 26.6 Å². The van der Waals surface area contributed by atoms with Gasteiger partial charge in [0.2, 0.25) is 0 Å². The Labute approximate surface area is 224 Å². The number of amidine groups is 2. The summed E-state index contributed by atoms with van der Waals surface area (Å²) < 4.78 is 1.96. The Morgan fingerprint density at radius 2 is 1.95 bits per heavy atom. The number of aliphatic imine (C=N–C) groups is 3. The van der Waals surface area contributed by atoms with Gasteiger partial charge >= 0.3 is 0 Å². The third-order valence-electron chi connectivity index (χ3n) is 7.34. The summed E-state index contributed by atoms with van der Waals surface area (Å²) in [6.07, 6.45) is 6.95. The van der Waals surface area contributed by atoms with Crippen molar-refractivity contribution in [2.24, 2.45) is 37.5 Å². The van der Waals surface area contributed by atoms with Crippen molar-refractivity contribution in [3.05, 3.63) is 89.5 Å². The molecule has 0 saturated carbocycles. The van der Waals surface area contributed by atoms with Gasteiger partial charge < -0.3 is 11.5 Å². The lowest BCUT2D eigenvalue weighted by molar-refractivity contribution is 0.214. The Kier molecular flexibility index (Phi) is 5.15. The molecule has 192 valence electrons. The van der Waals surface area contributed by atoms with Crippen LogP contribution in [0.4, 0.5) is 5.69 Å². The molecule has 4 N–H and O–H groups in total. The fourth-order valence-electron chi connectivity index (χ4n) is 5.48. The van der Waals surface area contributed by atoms with Crippen LogP contribution >= 0.6 is 0 Å². The summed E-state index contributed by atoms with van der Waals surface area (Å²) in [5.41, 5.74) is 20.0. The number of imidazole rings is 1. The van der Waals surface area contributed by atoms with E-state index in [-0.39, 0.29) is 12.1 Å². The first-order chi connectivity index (χ1) is 19.0. The van der Waals surface area contributed by atoms with E-state index in [1.54, 1.807) is 6.33 Å². The number of aryl methyl sites for hydroxylation is 1. The van der Waals surface area contributed by atoms with Gasteiger partial charge in [-0.1, -0.05) is 30.3 Å². The highest BCUT2D eigenvalue weighted by molar-refractivity contribution is 6.27. The summed E-state index contributed by atoms with van der Waals surface area (Å²) in [5, 5.41) is 8.13. The van der Waals surface area contributed by atoms with Crippen molar-refractivity contribution in [1.82, 2.24) is 19.5 Å². The second-order valence-electron chi connectivity index (χ2n) is 9.81. The molecule has 3 aliphatic rings. The molecule has 39 heavy (non-hydrogen) atoms. The van der Waals surface area contributed by atoms with E-state index in [4.69, 9.17) is 26.5 Å². The number of para-hydroxylation sites is 1. The Bertz CT molecular complexity index is 1810. The van der Waals surface area contributed by atoms with E-state index in [9.17, 15) is 0 Å². The van der Waals surface area contributed by atoms with E-state index in [2.05, 4.69) is 33.2 Å². The summed E-state index contributed by atoms with van der Waals surface area (Å²) in [4.78, 5) is 22.9. The van der Waals surface area contributed by atoms with Crippen molar-refractivity contribution in [3.63, 3.8) is 0 Å². The fourth-order valence-corrected chi connectivity index (χ4v) is 5.48. The van der Waals surface area contributed by atoms with Crippen LogP contribution in [0.2, 0.25) is 0 Å². The molecule has 0 bridgehead atoms. The topological polar surface area (TPSA) is 135 Å². The number of allylic oxidation sites excluding steroid dienone is 1. The van der Waals surface area contributed by atoms with E-state index in [1.807, 2.05) is 66.0 Å². The highest BCUT2D eigenvalue weighted by Crippen LogP contribution is 2.37. The summed E-state index contributed by atoms with van der Waals surface area (Å²) in [6, 6.07) is 16.3. The van der Waals surface area contributed by atoms with Crippen LogP contribution in [0.5, 0.6) is 0 Å². The number of hydrogen-bond acceptors (Lipinski definition) is 9. The Morgan fingerprint density at radius 3 is 2.77 bits per heavy atom. The fraction of sp³-hybridized carbons (Fsp3) is 0.172. The van der Waals surface area contributed by atoms with Gasteiger partial charge in [-0.15, -0.1) is 0 Å². The summed E-state index contributed by atoms with van der Waals surface area (Å²) in [6.45, 7) is 4.40. The highest BCUT2D eigenvalue weighted by atomic mass is 15.5. The number of hydrogen-bond donors (Lipinski definition) is 2. The van der Waals surface area contributed by atoms with Crippen LogP contribution in [-0.4, -0.2) is 49.4 Å². The number of hydrazone groups is 1. The molecule has 10 nitrogen and oxygen atoms in total. The second kappa shape index (κ2) is 8.73. The molecule has 0 spiro atoms. The molecular formula is C29H26N10. The zero-order chi connectivity index (χ0) is 26.7. The third-order valence-corrected chi connectivity index (χ3v) is 7.34. The monoisotopic (exact) mass is 514 g/mol. The van der Waals surface area contributed by atoms with Gasteiger partial charge in [-0.3, -0.25) is 9.58 Å².